The smallest absolute Gasteiger partial charge is 0.246 e. The van der Waals surface area contributed by atoms with E-state index >= 15 is 0 Å². The molecule has 1 aromatic rings. The molecule has 3 aliphatic heterocycles. The van der Waals surface area contributed by atoms with Crippen LogP contribution in [-0.4, -0.2) is 55.4 Å². The Morgan fingerprint density at radius 2 is 2.22 bits per heavy atom. The molecule has 1 N–H and O–H groups in total. The lowest BCUT2D eigenvalue weighted by Gasteiger charge is -2.29. The van der Waals surface area contributed by atoms with Crippen LogP contribution in [0, 0.1) is 11.8 Å². The first-order valence-electron chi connectivity index (χ1n) is 10.5. The van der Waals surface area contributed by atoms with Crippen molar-refractivity contribution in [1.82, 2.24) is 10.2 Å². The standard InChI is InChI=1S/C21H32N2O4/c1-3-5-15-6-7-16(26-15)11-23-12-18-17(10-22-20(24)13-25-4-2)19-8-9-21(18,14-23)27-19/h6-7,17-19H,3-5,8-14H2,1-2H3,(H,22,24)/t17-,18+,19+,21+/m0/s1. The molecule has 4 rings (SSSR count). The molecule has 4 heterocycles. The number of furan rings is 1. The molecule has 6 heteroatoms. The normalized spacial score (nSPS) is 32.1. The lowest BCUT2D eigenvalue weighted by molar-refractivity contribution is -0.125. The highest BCUT2D eigenvalue weighted by Crippen LogP contribution is 2.54. The van der Waals surface area contributed by atoms with Crippen molar-refractivity contribution in [2.24, 2.45) is 11.8 Å². The minimum atomic E-state index is -0.0254. The number of hydrogen-bond donors (Lipinski definition) is 1. The Morgan fingerprint density at radius 1 is 1.37 bits per heavy atom. The number of amides is 1. The van der Waals surface area contributed by atoms with E-state index in [0.29, 0.717) is 31.1 Å². The summed E-state index contributed by atoms with van der Waals surface area (Å²) in [4.78, 5) is 14.4. The van der Waals surface area contributed by atoms with Crippen LogP contribution in [0.25, 0.3) is 0 Å². The Morgan fingerprint density at radius 3 is 3.04 bits per heavy atom. The maximum absolute atomic E-state index is 11.9. The van der Waals surface area contributed by atoms with Crippen LogP contribution in [0.1, 0.15) is 44.6 Å². The third-order valence-electron chi connectivity index (χ3n) is 6.42. The van der Waals surface area contributed by atoms with Crippen molar-refractivity contribution in [3.63, 3.8) is 0 Å². The molecule has 0 aliphatic carbocycles. The Kier molecular flexibility index (Phi) is 5.58. The molecule has 3 aliphatic rings. The number of hydrogen-bond acceptors (Lipinski definition) is 5. The van der Waals surface area contributed by atoms with E-state index in [1.54, 1.807) is 0 Å². The van der Waals surface area contributed by atoms with Gasteiger partial charge in [-0.15, -0.1) is 0 Å². The van der Waals surface area contributed by atoms with Crippen molar-refractivity contribution in [2.75, 3.05) is 32.8 Å². The van der Waals surface area contributed by atoms with E-state index in [0.717, 1.165) is 56.8 Å². The topological polar surface area (TPSA) is 63.9 Å². The molecular weight excluding hydrogens is 344 g/mol. The Balaban J connectivity index is 1.34. The van der Waals surface area contributed by atoms with Gasteiger partial charge in [0.1, 0.15) is 18.1 Å². The van der Waals surface area contributed by atoms with Crippen molar-refractivity contribution >= 4 is 5.91 Å². The van der Waals surface area contributed by atoms with E-state index in [2.05, 4.69) is 29.3 Å². The second-order valence-corrected chi connectivity index (χ2v) is 8.26. The van der Waals surface area contributed by atoms with Gasteiger partial charge in [0.15, 0.2) is 0 Å². The molecule has 27 heavy (non-hydrogen) atoms. The summed E-state index contributed by atoms with van der Waals surface area (Å²) in [6.07, 6.45) is 4.65. The highest BCUT2D eigenvalue weighted by Gasteiger charge is 2.62. The van der Waals surface area contributed by atoms with Gasteiger partial charge in [-0.25, -0.2) is 0 Å². The Hall–Kier alpha value is -1.37. The maximum atomic E-state index is 11.9. The van der Waals surface area contributed by atoms with Gasteiger partial charge in [0.2, 0.25) is 5.91 Å². The molecule has 0 radical (unpaired) electrons. The molecule has 0 saturated carbocycles. The van der Waals surface area contributed by atoms with Crippen LogP contribution in [0.3, 0.4) is 0 Å². The number of aryl methyl sites for hydroxylation is 1. The van der Waals surface area contributed by atoms with Crippen LogP contribution >= 0.6 is 0 Å². The first-order chi connectivity index (χ1) is 13.1. The van der Waals surface area contributed by atoms with Gasteiger partial charge in [0, 0.05) is 44.5 Å². The zero-order chi connectivity index (χ0) is 18.9. The summed E-state index contributed by atoms with van der Waals surface area (Å²) in [7, 11) is 0. The Bertz CT molecular complexity index is 660. The second kappa shape index (κ2) is 7.94. The lowest BCUT2D eigenvalue weighted by Crippen LogP contribution is -2.42. The van der Waals surface area contributed by atoms with Crippen molar-refractivity contribution in [1.29, 1.82) is 0 Å². The van der Waals surface area contributed by atoms with Crippen molar-refractivity contribution in [2.45, 2.75) is 57.8 Å². The van der Waals surface area contributed by atoms with Crippen LogP contribution in [0.4, 0.5) is 0 Å². The quantitative estimate of drug-likeness (QED) is 0.717. The molecule has 1 amide bonds. The maximum Gasteiger partial charge on any atom is 0.246 e. The first-order valence-corrected chi connectivity index (χ1v) is 10.5. The molecule has 0 aromatic carbocycles. The van der Waals surface area contributed by atoms with E-state index in [9.17, 15) is 4.79 Å². The van der Waals surface area contributed by atoms with Crippen LogP contribution in [0.2, 0.25) is 0 Å². The summed E-state index contributed by atoms with van der Waals surface area (Å²) in [6, 6.07) is 4.22. The highest BCUT2D eigenvalue weighted by molar-refractivity contribution is 5.77. The van der Waals surface area contributed by atoms with E-state index < -0.39 is 0 Å². The minimum Gasteiger partial charge on any atom is -0.465 e. The molecule has 3 fully saturated rings. The summed E-state index contributed by atoms with van der Waals surface area (Å²) in [5, 5.41) is 3.05. The van der Waals surface area contributed by atoms with E-state index in [-0.39, 0.29) is 18.1 Å². The third kappa shape index (κ3) is 3.80. The molecule has 0 unspecified atom stereocenters. The molecule has 4 atom stereocenters. The number of rotatable bonds is 9. The number of nitrogens with zero attached hydrogens (tertiary/aromatic N) is 1. The summed E-state index contributed by atoms with van der Waals surface area (Å²) in [5.74, 6) is 3.00. The summed E-state index contributed by atoms with van der Waals surface area (Å²) < 4.78 is 17.6. The third-order valence-corrected chi connectivity index (χ3v) is 6.42. The summed E-state index contributed by atoms with van der Waals surface area (Å²) in [5.41, 5.74) is -0.0151. The van der Waals surface area contributed by atoms with Crippen molar-refractivity contribution in [3.05, 3.63) is 23.7 Å². The number of carbonyl (C=O) groups is 1. The molecule has 3 saturated heterocycles. The monoisotopic (exact) mass is 376 g/mol. The van der Waals surface area contributed by atoms with Crippen LogP contribution in [0.15, 0.2) is 16.5 Å². The fourth-order valence-electron chi connectivity index (χ4n) is 5.27. The predicted octanol–water partition coefficient (Wildman–Crippen LogP) is 2.36. The molecule has 6 nitrogen and oxygen atoms in total. The number of fused-ring (bicyclic) bond motifs is 1. The fraction of sp³-hybridized carbons (Fsp3) is 0.762. The lowest BCUT2D eigenvalue weighted by atomic mass is 9.73. The van der Waals surface area contributed by atoms with Gasteiger partial charge >= 0.3 is 0 Å². The summed E-state index contributed by atoms with van der Waals surface area (Å²) in [6.45, 7) is 8.32. The highest BCUT2D eigenvalue weighted by atomic mass is 16.5. The van der Waals surface area contributed by atoms with Crippen LogP contribution < -0.4 is 5.32 Å². The number of carbonyl (C=O) groups excluding carboxylic acids is 1. The van der Waals surface area contributed by atoms with Gasteiger partial charge < -0.3 is 19.2 Å². The number of likely N-dealkylation sites (tertiary alicyclic amines) is 1. The van der Waals surface area contributed by atoms with Gasteiger partial charge in [-0.2, -0.15) is 0 Å². The molecule has 1 spiro atoms. The molecule has 1 aromatic heterocycles. The van der Waals surface area contributed by atoms with Gasteiger partial charge in [-0.3, -0.25) is 9.69 Å². The molecule has 2 bridgehead atoms. The number of nitrogens with one attached hydrogen (secondary N) is 1. The van der Waals surface area contributed by atoms with Crippen molar-refractivity contribution in [3.8, 4) is 0 Å². The van der Waals surface area contributed by atoms with E-state index in [1.165, 1.54) is 0 Å². The Labute approximate surface area is 161 Å². The van der Waals surface area contributed by atoms with Gasteiger partial charge in [-0.1, -0.05) is 6.92 Å². The molecular formula is C21H32N2O4. The van der Waals surface area contributed by atoms with Crippen LogP contribution in [-0.2, 0) is 27.2 Å². The minimum absolute atomic E-state index is 0.0151. The van der Waals surface area contributed by atoms with Crippen LogP contribution in [0.5, 0.6) is 0 Å². The average molecular weight is 376 g/mol. The van der Waals surface area contributed by atoms with Gasteiger partial charge in [0.25, 0.3) is 0 Å². The zero-order valence-electron chi connectivity index (χ0n) is 16.5. The van der Waals surface area contributed by atoms with Gasteiger partial charge in [0.05, 0.1) is 18.2 Å². The van der Waals surface area contributed by atoms with Crippen molar-refractivity contribution < 1.29 is 18.7 Å². The molecule has 150 valence electrons. The fourth-order valence-corrected chi connectivity index (χ4v) is 5.27. The predicted molar refractivity (Wildman–Crippen MR) is 101 cm³/mol. The average Bonchev–Trinajstić information content (AvgIpc) is 3.39. The largest absolute Gasteiger partial charge is 0.465 e. The van der Waals surface area contributed by atoms with Gasteiger partial charge in [-0.05, 0) is 38.3 Å². The zero-order valence-corrected chi connectivity index (χ0v) is 16.5. The van der Waals surface area contributed by atoms with E-state index in [1.807, 2.05) is 6.92 Å². The van der Waals surface area contributed by atoms with E-state index in [4.69, 9.17) is 13.9 Å². The summed E-state index contributed by atoms with van der Waals surface area (Å²) >= 11 is 0. The first kappa shape index (κ1) is 19.0. The number of ether oxygens (including phenoxy) is 2. The second-order valence-electron chi connectivity index (χ2n) is 8.26. The SMILES string of the molecule is CCCc1ccc(CN2C[C@@H]3[C@H](CNC(=O)COCC)[C@H]4CC[C@]3(C2)O4)o1.